The molecule has 0 aliphatic carbocycles. The largest absolute Gasteiger partial charge is 0.465 e. The van der Waals surface area contributed by atoms with Crippen molar-refractivity contribution in [2.75, 3.05) is 7.11 Å². The average Bonchev–Trinajstić information content (AvgIpc) is 1.98. The second-order valence-electron chi connectivity index (χ2n) is 2.32. The highest BCUT2D eigenvalue weighted by atomic mass is 79.9. The molecular formula is C8H10BBrO2. The standard InChI is InChI=1S/C8H10BBrO2/c1-5(10)4-7(6(2)9)8(11)12-3/h4H,1-3H3/b5-4+,7-6-. The van der Waals surface area contributed by atoms with Gasteiger partial charge in [0.05, 0.1) is 7.11 Å². The summed E-state index contributed by atoms with van der Waals surface area (Å²) in [6.07, 6.45) is 1.63. The lowest BCUT2D eigenvalue weighted by atomic mass is 9.92. The fourth-order valence-corrected chi connectivity index (χ4v) is 0.872. The molecule has 0 aliphatic rings. The molecule has 0 aromatic heterocycles. The Kier molecular flexibility index (Phi) is 4.98. The molecule has 0 atom stereocenters. The van der Waals surface area contributed by atoms with Gasteiger partial charge in [0.2, 0.25) is 0 Å². The summed E-state index contributed by atoms with van der Waals surface area (Å²) in [6.45, 7) is 3.46. The molecule has 0 heterocycles. The number of esters is 1. The topological polar surface area (TPSA) is 26.3 Å². The maximum absolute atomic E-state index is 11.1. The number of hydrogen-bond donors (Lipinski definition) is 0. The van der Waals surface area contributed by atoms with Crippen LogP contribution in [0.3, 0.4) is 0 Å². The van der Waals surface area contributed by atoms with Gasteiger partial charge in [-0.05, 0) is 17.5 Å². The minimum absolute atomic E-state index is 0.381. The third kappa shape index (κ3) is 3.76. The van der Waals surface area contributed by atoms with Gasteiger partial charge in [0, 0.05) is 5.57 Å². The van der Waals surface area contributed by atoms with Crippen LogP contribution < -0.4 is 0 Å². The first kappa shape index (κ1) is 11.5. The van der Waals surface area contributed by atoms with Crippen molar-refractivity contribution < 1.29 is 9.53 Å². The summed E-state index contributed by atoms with van der Waals surface area (Å²) in [4.78, 5) is 11.1. The summed E-state index contributed by atoms with van der Waals surface area (Å²) in [6, 6.07) is 0. The number of carbonyl (C=O) groups excluding carboxylic acids is 1. The van der Waals surface area contributed by atoms with Gasteiger partial charge in [-0.1, -0.05) is 22.9 Å². The second kappa shape index (κ2) is 5.20. The number of rotatable bonds is 2. The molecule has 0 aliphatic heterocycles. The minimum atomic E-state index is -0.422. The van der Waals surface area contributed by atoms with Crippen LogP contribution in [0.15, 0.2) is 21.6 Å². The van der Waals surface area contributed by atoms with Gasteiger partial charge < -0.3 is 4.74 Å². The zero-order chi connectivity index (χ0) is 9.72. The molecule has 2 nitrogen and oxygen atoms in total. The maximum Gasteiger partial charge on any atom is 0.336 e. The number of allylic oxidation sites excluding steroid dienone is 2. The Balaban J connectivity index is 4.84. The molecule has 0 fully saturated rings. The Morgan fingerprint density at radius 3 is 2.25 bits per heavy atom. The van der Waals surface area contributed by atoms with E-state index in [1.165, 1.54) is 7.11 Å². The highest BCUT2D eigenvalue weighted by molar-refractivity contribution is 9.11. The Hall–Kier alpha value is -0.505. The van der Waals surface area contributed by atoms with Crippen LogP contribution in [0.2, 0.25) is 0 Å². The third-order valence-corrected chi connectivity index (χ3v) is 1.40. The molecule has 0 saturated carbocycles. The molecule has 0 spiro atoms. The average molecular weight is 229 g/mol. The normalized spacial score (nSPS) is 13.8. The smallest absolute Gasteiger partial charge is 0.336 e. The number of carbonyl (C=O) groups is 1. The van der Waals surface area contributed by atoms with Crippen LogP contribution >= 0.6 is 15.9 Å². The number of halogens is 1. The van der Waals surface area contributed by atoms with Gasteiger partial charge in [-0.15, -0.1) is 5.47 Å². The first-order chi connectivity index (χ1) is 5.49. The van der Waals surface area contributed by atoms with Gasteiger partial charge in [-0.3, -0.25) is 0 Å². The fraction of sp³-hybridized carbons (Fsp3) is 0.375. The van der Waals surface area contributed by atoms with E-state index in [0.29, 0.717) is 11.0 Å². The van der Waals surface area contributed by atoms with E-state index in [4.69, 9.17) is 7.85 Å². The molecule has 2 radical (unpaired) electrons. The molecular weight excluding hydrogens is 219 g/mol. The second-order valence-corrected chi connectivity index (χ2v) is 3.57. The quantitative estimate of drug-likeness (QED) is 0.313. The van der Waals surface area contributed by atoms with Crippen molar-refractivity contribution in [1.29, 1.82) is 0 Å². The van der Waals surface area contributed by atoms with E-state index in [1.54, 1.807) is 13.0 Å². The van der Waals surface area contributed by atoms with E-state index >= 15 is 0 Å². The zero-order valence-corrected chi connectivity index (χ0v) is 8.94. The van der Waals surface area contributed by atoms with E-state index in [-0.39, 0.29) is 0 Å². The predicted molar refractivity (Wildman–Crippen MR) is 53.2 cm³/mol. The molecule has 12 heavy (non-hydrogen) atoms. The van der Waals surface area contributed by atoms with Crippen molar-refractivity contribution in [3.05, 3.63) is 21.6 Å². The molecule has 0 unspecified atom stereocenters. The lowest BCUT2D eigenvalue weighted by Crippen LogP contribution is -2.05. The van der Waals surface area contributed by atoms with Crippen molar-refractivity contribution in [3.63, 3.8) is 0 Å². The Bertz CT molecular complexity index is 235. The van der Waals surface area contributed by atoms with Crippen molar-refractivity contribution >= 4 is 29.7 Å². The molecule has 0 rings (SSSR count). The Morgan fingerprint density at radius 1 is 1.50 bits per heavy atom. The van der Waals surface area contributed by atoms with Gasteiger partial charge in [-0.25, -0.2) is 4.79 Å². The minimum Gasteiger partial charge on any atom is -0.465 e. The van der Waals surface area contributed by atoms with Crippen molar-refractivity contribution in [3.8, 4) is 0 Å². The highest BCUT2D eigenvalue weighted by Crippen LogP contribution is 2.11. The summed E-state index contributed by atoms with van der Waals surface area (Å²) in [7, 11) is 6.80. The van der Waals surface area contributed by atoms with Crippen molar-refractivity contribution in [2.24, 2.45) is 0 Å². The zero-order valence-electron chi connectivity index (χ0n) is 7.35. The number of ether oxygens (including phenoxy) is 1. The first-order valence-corrected chi connectivity index (χ1v) is 4.16. The first-order valence-electron chi connectivity index (χ1n) is 3.37. The van der Waals surface area contributed by atoms with Crippen LogP contribution in [0, 0.1) is 0 Å². The molecule has 4 heteroatoms. The van der Waals surface area contributed by atoms with E-state index in [2.05, 4.69) is 20.7 Å². The van der Waals surface area contributed by atoms with Gasteiger partial charge in [0.25, 0.3) is 0 Å². The molecule has 0 aromatic rings. The van der Waals surface area contributed by atoms with Gasteiger partial charge in [-0.2, -0.15) is 0 Å². The van der Waals surface area contributed by atoms with Crippen LogP contribution in [-0.4, -0.2) is 20.9 Å². The third-order valence-electron chi connectivity index (χ3n) is 1.17. The Labute approximate surface area is 82.2 Å². The molecule has 64 valence electrons. The number of methoxy groups -OCH3 is 1. The maximum atomic E-state index is 11.1. The lowest BCUT2D eigenvalue weighted by molar-refractivity contribution is -0.135. The summed E-state index contributed by atoms with van der Waals surface area (Å²) in [5.74, 6) is -0.422. The summed E-state index contributed by atoms with van der Waals surface area (Å²) in [5.41, 5.74) is 0.826. The Morgan fingerprint density at radius 2 is 2.00 bits per heavy atom. The van der Waals surface area contributed by atoms with E-state index in [9.17, 15) is 4.79 Å². The van der Waals surface area contributed by atoms with Gasteiger partial charge >= 0.3 is 5.97 Å². The SMILES string of the molecule is [B]/C(C)=C(/C=C(\C)Br)C(=O)OC. The van der Waals surface area contributed by atoms with Crippen LogP contribution in [-0.2, 0) is 9.53 Å². The summed E-state index contributed by atoms with van der Waals surface area (Å²) in [5, 5.41) is 0. The van der Waals surface area contributed by atoms with Gasteiger partial charge in [0.1, 0.15) is 7.85 Å². The van der Waals surface area contributed by atoms with E-state index in [0.717, 1.165) is 4.48 Å². The van der Waals surface area contributed by atoms with E-state index < -0.39 is 5.97 Å². The lowest BCUT2D eigenvalue weighted by Gasteiger charge is -2.02. The summed E-state index contributed by atoms with van der Waals surface area (Å²) < 4.78 is 5.36. The molecule has 0 N–H and O–H groups in total. The van der Waals surface area contributed by atoms with Crippen LogP contribution in [0.5, 0.6) is 0 Å². The van der Waals surface area contributed by atoms with Crippen molar-refractivity contribution in [2.45, 2.75) is 13.8 Å². The molecule has 0 bridgehead atoms. The van der Waals surface area contributed by atoms with Crippen LogP contribution in [0.1, 0.15) is 13.8 Å². The van der Waals surface area contributed by atoms with Crippen LogP contribution in [0.25, 0.3) is 0 Å². The monoisotopic (exact) mass is 228 g/mol. The highest BCUT2D eigenvalue weighted by Gasteiger charge is 2.07. The number of hydrogen-bond acceptors (Lipinski definition) is 2. The van der Waals surface area contributed by atoms with Crippen molar-refractivity contribution in [1.82, 2.24) is 0 Å². The molecule has 0 amide bonds. The fourth-order valence-electron chi connectivity index (χ4n) is 0.643. The predicted octanol–water partition coefficient (Wildman–Crippen LogP) is 1.90. The molecule has 0 aromatic carbocycles. The van der Waals surface area contributed by atoms with Crippen LogP contribution in [0.4, 0.5) is 0 Å². The molecule has 0 saturated heterocycles. The van der Waals surface area contributed by atoms with E-state index in [1.807, 2.05) is 6.92 Å². The van der Waals surface area contributed by atoms with Gasteiger partial charge in [0.15, 0.2) is 0 Å². The summed E-state index contributed by atoms with van der Waals surface area (Å²) >= 11 is 3.20.